The van der Waals surface area contributed by atoms with Crippen LogP contribution < -0.4 is 5.32 Å². The van der Waals surface area contributed by atoms with Gasteiger partial charge in [-0.25, -0.2) is 12.8 Å². The lowest BCUT2D eigenvalue weighted by Gasteiger charge is -2.22. The molecule has 162 valence electrons. The largest absolute Gasteiger partial charge is 0.325 e. The second-order valence-corrected chi connectivity index (χ2v) is 9.41. The highest BCUT2D eigenvalue weighted by molar-refractivity contribution is 7.89. The molecule has 0 saturated carbocycles. The van der Waals surface area contributed by atoms with Crippen molar-refractivity contribution in [2.75, 3.05) is 18.4 Å². The molecule has 0 heterocycles. The maximum absolute atomic E-state index is 13.3. The van der Waals surface area contributed by atoms with Gasteiger partial charge in [0, 0.05) is 12.2 Å². The van der Waals surface area contributed by atoms with Crippen LogP contribution in [0.5, 0.6) is 0 Å². The van der Waals surface area contributed by atoms with Gasteiger partial charge in [0.25, 0.3) is 0 Å². The number of sulfonamides is 1. The SMILES string of the molecule is Cc1ccc(S(=O)(=O)N(CCc2ccccc2)CC(=O)Nc2ccc(F)c(Cl)c2)cc1. The van der Waals surface area contributed by atoms with E-state index in [1.165, 1.54) is 24.3 Å². The first kappa shape index (κ1) is 22.9. The van der Waals surface area contributed by atoms with Crippen LogP contribution in [-0.2, 0) is 21.2 Å². The molecule has 1 amide bonds. The van der Waals surface area contributed by atoms with Gasteiger partial charge >= 0.3 is 0 Å². The number of amides is 1. The number of benzene rings is 3. The molecule has 3 rings (SSSR count). The first-order valence-electron chi connectivity index (χ1n) is 9.61. The van der Waals surface area contributed by atoms with Crippen LogP contribution in [0.4, 0.5) is 10.1 Å². The Hall–Kier alpha value is -2.74. The highest BCUT2D eigenvalue weighted by Crippen LogP contribution is 2.20. The number of halogens is 2. The Bertz CT molecular complexity index is 1150. The van der Waals surface area contributed by atoms with Crippen molar-refractivity contribution in [2.24, 2.45) is 0 Å². The van der Waals surface area contributed by atoms with Crippen LogP contribution in [-0.4, -0.2) is 31.7 Å². The molecule has 8 heteroatoms. The standard InChI is InChI=1S/C23H22ClFN2O3S/c1-17-7-10-20(11-8-17)31(29,30)27(14-13-18-5-3-2-4-6-18)16-23(28)26-19-9-12-22(25)21(24)15-19/h2-12,15H,13-14,16H2,1H3,(H,26,28). The number of nitrogens with one attached hydrogen (secondary N) is 1. The molecule has 5 nitrogen and oxygen atoms in total. The number of carbonyl (C=O) groups excluding carboxylic acids is 1. The molecule has 3 aromatic carbocycles. The smallest absolute Gasteiger partial charge is 0.243 e. The van der Waals surface area contributed by atoms with Gasteiger partial charge in [-0.2, -0.15) is 4.31 Å². The summed E-state index contributed by atoms with van der Waals surface area (Å²) in [6.45, 7) is 1.60. The quantitative estimate of drug-likeness (QED) is 0.531. The van der Waals surface area contributed by atoms with Gasteiger partial charge in [0.05, 0.1) is 16.5 Å². The Morgan fingerprint density at radius 1 is 1.03 bits per heavy atom. The second-order valence-electron chi connectivity index (χ2n) is 7.06. The molecule has 3 aromatic rings. The third-order valence-corrected chi connectivity index (χ3v) is 6.82. The number of anilines is 1. The zero-order chi connectivity index (χ0) is 22.4. The van der Waals surface area contributed by atoms with Gasteiger partial charge in [-0.05, 0) is 49.2 Å². The van der Waals surface area contributed by atoms with Crippen LogP contribution >= 0.6 is 11.6 Å². The van der Waals surface area contributed by atoms with Gasteiger partial charge in [-0.15, -0.1) is 0 Å². The summed E-state index contributed by atoms with van der Waals surface area (Å²) in [4.78, 5) is 12.7. The zero-order valence-corrected chi connectivity index (χ0v) is 18.5. The third-order valence-electron chi connectivity index (χ3n) is 4.67. The van der Waals surface area contributed by atoms with Gasteiger partial charge in [0.15, 0.2) is 0 Å². The van der Waals surface area contributed by atoms with E-state index in [2.05, 4.69) is 5.32 Å². The lowest BCUT2D eigenvalue weighted by atomic mass is 10.1. The summed E-state index contributed by atoms with van der Waals surface area (Å²) >= 11 is 5.75. The molecular weight excluding hydrogens is 439 g/mol. The topological polar surface area (TPSA) is 66.5 Å². The average Bonchev–Trinajstić information content (AvgIpc) is 2.74. The van der Waals surface area contributed by atoms with Crippen molar-refractivity contribution >= 4 is 33.2 Å². The maximum Gasteiger partial charge on any atom is 0.243 e. The van der Waals surface area contributed by atoms with Gasteiger partial charge in [-0.3, -0.25) is 4.79 Å². The van der Waals surface area contributed by atoms with E-state index in [0.29, 0.717) is 6.42 Å². The van der Waals surface area contributed by atoms with E-state index in [9.17, 15) is 17.6 Å². The predicted octanol–water partition coefficient (Wildman–Crippen LogP) is 4.66. The number of hydrogen-bond acceptors (Lipinski definition) is 3. The summed E-state index contributed by atoms with van der Waals surface area (Å²) in [5.74, 6) is -1.16. The highest BCUT2D eigenvalue weighted by Gasteiger charge is 2.26. The fraction of sp³-hybridized carbons (Fsp3) is 0.174. The summed E-state index contributed by atoms with van der Waals surface area (Å²) in [6.07, 6.45) is 0.446. The van der Waals surface area contributed by atoms with Crippen molar-refractivity contribution in [1.29, 1.82) is 0 Å². The minimum atomic E-state index is -3.90. The molecule has 0 saturated heterocycles. The van der Waals surface area contributed by atoms with E-state index >= 15 is 0 Å². The third kappa shape index (κ3) is 6.13. The number of rotatable bonds is 8. The van der Waals surface area contributed by atoms with E-state index < -0.39 is 28.3 Å². The highest BCUT2D eigenvalue weighted by atomic mass is 35.5. The van der Waals surface area contributed by atoms with E-state index in [-0.39, 0.29) is 22.2 Å². The first-order chi connectivity index (χ1) is 14.8. The molecule has 0 aliphatic heterocycles. The summed E-state index contributed by atoms with van der Waals surface area (Å²) in [7, 11) is -3.90. The second kappa shape index (κ2) is 10.0. The Balaban J connectivity index is 1.81. The fourth-order valence-corrected chi connectivity index (χ4v) is 4.55. The lowest BCUT2D eigenvalue weighted by Crippen LogP contribution is -2.39. The molecule has 0 fully saturated rings. The van der Waals surface area contributed by atoms with Gasteiger partial charge in [-0.1, -0.05) is 59.6 Å². The average molecular weight is 461 g/mol. The summed E-state index contributed by atoms with van der Waals surface area (Å²) < 4.78 is 40.9. The zero-order valence-electron chi connectivity index (χ0n) is 16.9. The predicted molar refractivity (Wildman–Crippen MR) is 120 cm³/mol. The van der Waals surface area contributed by atoms with E-state index in [0.717, 1.165) is 21.5 Å². The molecule has 1 N–H and O–H groups in total. The van der Waals surface area contributed by atoms with E-state index in [1.54, 1.807) is 12.1 Å². The number of carbonyl (C=O) groups is 1. The molecule has 0 unspecified atom stereocenters. The van der Waals surface area contributed by atoms with Crippen molar-refractivity contribution in [3.8, 4) is 0 Å². The normalized spacial score (nSPS) is 11.5. The minimum absolute atomic E-state index is 0.115. The molecule has 31 heavy (non-hydrogen) atoms. The van der Waals surface area contributed by atoms with Crippen molar-refractivity contribution in [3.05, 3.63) is 94.8 Å². The molecular formula is C23H22ClFN2O3S. The van der Waals surface area contributed by atoms with Crippen molar-refractivity contribution in [2.45, 2.75) is 18.2 Å². The Labute approximate surface area is 186 Å². The van der Waals surface area contributed by atoms with Crippen molar-refractivity contribution < 1.29 is 17.6 Å². The van der Waals surface area contributed by atoms with Crippen LogP contribution in [0, 0.1) is 12.7 Å². The summed E-state index contributed by atoms with van der Waals surface area (Å²) in [5, 5.41) is 2.44. The molecule has 0 atom stereocenters. The lowest BCUT2D eigenvalue weighted by molar-refractivity contribution is -0.116. The van der Waals surface area contributed by atoms with Crippen LogP contribution in [0.2, 0.25) is 5.02 Å². The van der Waals surface area contributed by atoms with E-state index in [4.69, 9.17) is 11.6 Å². The van der Waals surface area contributed by atoms with Gasteiger partial charge < -0.3 is 5.32 Å². The number of aryl methyl sites for hydroxylation is 1. The molecule has 0 radical (unpaired) electrons. The first-order valence-corrected chi connectivity index (χ1v) is 11.4. The maximum atomic E-state index is 13.3. The van der Waals surface area contributed by atoms with Crippen molar-refractivity contribution in [3.63, 3.8) is 0 Å². The Kier molecular flexibility index (Phi) is 7.43. The van der Waals surface area contributed by atoms with Crippen molar-refractivity contribution in [1.82, 2.24) is 4.31 Å². The summed E-state index contributed by atoms with van der Waals surface area (Å²) in [6, 6.07) is 19.7. The molecule has 0 spiro atoms. The van der Waals surface area contributed by atoms with Crippen LogP contribution in [0.3, 0.4) is 0 Å². The fourth-order valence-electron chi connectivity index (χ4n) is 2.98. The monoisotopic (exact) mass is 460 g/mol. The summed E-state index contributed by atoms with van der Waals surface area (Å²) in [5.41, 5.74) is 2.17. The number of hydrogen-bond donors (Lipinski definition) is 1. The van der Waals surface area contributed by atoms with E-state index in [1.807, 2.05) is 37.3 Å². The number of nitrogens with zero attached hydrogens (tertiary/aromatic N) is 1. The Morgan fingerprint density at radius 2 is 1.71 bits per heavy atom. The Morgan fingerprint density at radius 3 is 2.35 bits per heavy atom. The van der Waals surface area contributed by atoms with Gasteiger partial charge in [0.2, 0.25) is 15.9 Å². The molecule has 0 aliphatic rings. The van der Waals surface area contributed by atoms with Crippen LogP contribution in [0.15, 0.2) is 77.7 Å². The van der Waals surface area contributed by atoms with Crippen LogP contribution in [0.25, 0.3) is 0 Å². The molecule has 0 aliphatic carbocycles. The van der Waals surface area contributed by atoms with Crippen LogP contribution in [0.1, 0.15) is 11.1 Å². The molecule has 0 bridgehead atoms. The molecule has 0 aromatic heterocycles. The minimum Gasteiger partial charge on any atom is -0.325 e. The van der Waals surface area contributed by atoms with Gasteiger partial charge in [0.1, 0.15) is 5.82 Å².